The van der Waals surface area contributed by atoms with Crippen LogP contribution >= 0.6 is 0 Å². The highest BCUT2D eigenvalue weighted by Gasteiger charge is 2.03. The molecule has 0 spiro atoms. The molecule has 1 amide bonds. The van der Waals surface area contributed by atoms with Gasteiger partial charge in [-0.1, -0.05) is 27.7 Å². The smallest absolute Gasteiger partial charge is 0.303 e. The zero-order valence-corrected chi connectivity index (χ0v) is 19.3. The Kier molecular flexibility index (Phi) is 24.8. The van der Waals surface area contributed by atoms with E-state index in [0.29, 0.717) is 71.2 Å². The van der Waals surface area contributed by atoms with Crippen LogP contribution < -0.4 is 11.1 Å². The van der Waals surface area contributed by atoms with Crippen molar-refractivity contribution in [1.29, 1.82) is 0 Å². The lowest BCUT2D eigenvalue weighted by Crippen LogP contribution is -2.27. The maximum atomic E-state index is 11.4. The van der Waals surface area contributed by atoms with Gasteiger partial charge in [-0.2, -0.15) is 0 Å². The fourth-order valence-corrected chi connectivity index (χ4v) is 1.83. The van der Waals surface area contributed by atoms with Crippen molar-refractivity contribution in [3.63, 3.8) is 0 Å². The van der Waals surface area contributed by atoms with Gasteiger partial charge in [-0.3, -0.25) is 9.59 Å². The Bertz CT molecular complexity index is 391. The number of hydrogen-bond acceptors (Lipinski definition) is 7. The third-order valence-electron chi connectivity index (χ3n) is 3.32. The van der Waals surface area contributed by atoms with Crippen molar-refractivity contribution < 1.29 is 33.6 Å². The molecular weight excluding hydrogens is 392 g/mol. The van der Waals surface area contributed by atoms with Gasteiger partial charge in [0.05, 0.1) is 46.2 Å². The number of carboxylic acids is 1. The second kappa shape index (κ2) is 24.0. The van der Waals surface area contributed by atoms with E-state index in [9.17, 15) is 9.59 Å². The van der Waals surface area contributed by atoms with Crippen molar-refractivity contribution in [1.82, 2.24) is 5.32 Å². The molecule has 0 rings (SSSR count). The van der Waals surface area contributed by atoms with Crippen LogP contribution in [0.25, 0.3) is 0 Å². The summed E-state index contributed by atoms with van der Waals surface area (Å²) >= 11 is 0. The van der Waals surface area contributed by atoms with Crippen molar-refractivity contribution in [2.75, 3.05) is 59.4 Å². The van der Waals surface area contributed by atoms with E-state index in [2.05, 4.69) is 19.2 Å². The molecule has 0 fully saturated rings. The number of nitrogens with one attached hydrogen (secondary N) is 1. The number of carboxylic acid groups (broad SMARTS) is 1. The zero-order chi connectivity index (χ0) is 23.0. The number of nitrogens with two attached hydrogens (primary N) is 1. The molecule has 0 aromatic carbocycles. The van der Waals surface area contributed by atoms with Crippen molar-refractivity contribution in [3.05, 3.63) is 0 Å². The van der Waals surface area contributed by atoms with Gasteiger partial charge in [-0.25, -0.2) is 0 Å². The number of rotatable bonds is 19. The van der Waals surface area contributed by atoms with E-state index >= 15 is 0 Å². The zero-order valence-electron chi connectivity index (χ0n) is 19.3. The molecule has 4 N–H and O–H groups in total. The number of aliphatic carboxylic acids is 1. The lowest BCUT2D eigenvalue weighted by atomic mass is 10.1. The SMILES string of the molecule is CC(C)CCOCCOCCOCCOCCNC(=O)CCCC(=O)O.CC(C)N. The second-order valence-electron chi connectivity index (χ2n) is 7.47. The fraction of sp³-hybridized carbons (Fsp3) is 0.905. The molecular formula is C21H44N2O7. The Morgan fingerprint density at radius 2 is 1.23 bits per heavy atom. The Labute approximate surface area is 182 Å². The normalized spacial score (nSPS) is 10.8. The van der Waals surface area contributed by atoms with Crippen molar-refractivity contribution >= 4 is 11.9 Å². The molecule has 0 bridgehead atoms. The average molecular weight is 437 g/mol. The van der Waals surface area contributed by atoms with Gasteiger partial charge in [0.1, 0.15) is 0 Å². The third-order valence-corrected chi connectivity index (χ3v) is 3.32. The van der Waals surface area contributed by atoms with Crippen LogP contribution in [0.5, 0.6) is 0 Å². The molecule has 9 heteroatoms. The summed E-state index contributed by atoms with van der Waals surface area (Å²) in [6, 6.07) is 0.333. The third kappa shape index (κ3) is 34.3. The van der Waals surface area contributed by atoms with Gasteiger partial charge in [0, 0.05) is 26.0 Å². The van der Waals surface area contributed by atoms with E-state index < -0.39 is 5.97 Å². The van der Waals surface area contributed by atoms with Crippen LogP contribution in [0, 0.1) is 5.92 Å². The summed E-state index contributed by atoms with van der Waals surface area (Å²) < 4.78 is 21.5. The molecule has 0 aromatic heterocycles. The summed E-state index contributed by atoms with van der Waals surface area (Å²) in [5, 5.41) is 11.1. The molecule has 180 valence electrons. The topological polar surface area (TPSA) is 129 Å². The summed E-state index contributed by atoms with van der Waals surface area (Å²) in [6.07, 6.45) is 1.65. The number of carbonyl (C=O) groups is 2. The summed E-state index contributed by atoms with van der Waals surface area (Å²) in [4.78, 5) is 21.7. The Balaban J connectivity index is 0. The highest BCUT2D eigenvalue weighted by atomic mass is 16.6. The van der Waals surface area contributed by atoms with Crippen LogP contribution in [-0.2, 0) is 28.5 Å². The van der Waals surface area contributed by atoms with Gasteiger partial charge >= 0.3 is 5.97 Å². The van der Waals surface area contributed by atoms with Crippen LogP contribution in [0.4, 0.5) is 0 Å². The van der Waals surface area contributed by atoms with Crippen LogP contribution in [-0.4, -0.2) is 82.4 Å². The molecule has 0 aliphatic heterocycles. The molecule has 0 aromatic rings. The standard InChI is InChI=1S/C18H35NO7.C3H9N/c1-16(2)6-8-23-10-12-25-14-15-26-13-11-24-9-7-19-17(20)4-3-5-18(21)22;1-3(2)4/h16H,3-15H2,1-2H3,(H,19,20)(H,21,22);3H,4H2,1-2H3. The van der Waals surface area contributed by atoms with Crippen LogP contribution in [0.3, 0.4) is 0 Å². The highest BCUT2D eigenvalue weighted by Crippen LogP contribution is 1.98. The Hall–Kier alpha value is -1.26. The predicted molar refractivity (Wildman–Crippen MR) is 117 cm³/mol. The van der Waals surface area contributed by atoms with Gasteiger partial charge in [0.15, 0.2) is 0 Å². The van der Waals surface area contributed by atoms with Gasteiger partial charge in [-0.15, -0.1) is 0 Å². The molecule has 0 saturated heterocycles. The summed E-state index contributed by atoms with van der Waals surface area (Å²) in [5.74, 6) is -0.385. The molecule has 0 saturated carbocycles. The monoisotopic (exact) mass is 436 g/mol. The molecule has 30 heavy (non-hydrogen) atoms. The van der Waals surface area contributed by atoms with Crippen molar-refractivity contribution in [2.45, 2.75) is 59.4 Å². The lowest BCUT2D eigenvalue weighted by molar-refractivity contribution is -0.137. The number of carbonyl (C=O) groups excluding carboxylic acids is 1. The number of hydrogen-bond donors (Lipinski definition) is 3. The minimum Gasteiger partial charge on any atom is -0.481 e. The largest absolute Gasteiger partial charge is 0.481 e. The maximum Gasteiger partial charge on any atom is 0.303 e. The van der Waals surface area contributed by atoms with E-state index in [1.54, 1.807) is 0 Å². The molecule has 0 heterocycles. The van der Waals surface area contributed by atoms with E-state index in [1.807, 2.05) is 13.8 Å². The average Bonchev–Trinajstić information content (AvgIpc) is 2.64. The van der Waals surface area contributed by atoms with Crippen LogP contribution in [0.15, 0.2) is 0 Å². The Morgan fingerprint density at radius 3 is 1.67 bits per heavy atom. The molecule has 9 nitrogen and oxygen atoms in total. The predicted octanol–water partition coefficient (Wildman–Crippen LogP) is 1.82. The van der Waals surface area contributed by atoms with Gasteiger partial charge in [0.25, 0.3) is 0 Å². The summed E-state index contributed by atoms with van der Waals surface area (Å²) in [7, 11) is 0. The Morgan fingerprint density at radius 1 is 0.800 bits per heavy atom. The quantitative estimate of drug-likeness (QED) is 0.262. The first-order valence-corrected chi connectivity index (χ1v) is 10.8. The van der Waals surface area contributed by atoms with E-state index in [1.165, 1.54) is 0 Å². The number of amides is 1. The molecule has 0 radical (unpaired) electrons. The first-order valence-electron chi connectivity index (χ1n) is 10.8. The summed E-state index contributed by atoms with van der Waals surface area (Å²) in [6.45, 7) is 13.0. The maximum absolute atomic E-state index is 11.4. The van der Waals surface area contributed by atoms with Crippen molar-refractivity contribution in [2.24, 2.45) is 11.7 Å². The molecule has 0 aliphatic rings. The summed E-state index contributed by atoms with van der Waals surface area (Å²) in [5.41, 5.74) is 5.11. The molecule has 0 unspecified atom stereocenters. The lowest BCUT2D eigenvalue weighted by Gasteiger charge is -2.08. The molecule has 0 aliphatic carbocycles. The van der Waals surface area contributed by atoms with E-state index in [4.69, 9.17) is 29.8 Å². The van der Waals surface area contributed by atoms with E-state index in [-0.39, 0.29) is 18.7 Å². The minimum absolute atomic E-state index is 0.0101. The highest BCUT2D eigenvalue weighted by molar-refractivity contribution is 5.76. The van der Waals surface area contributed by atoms with Crippen LogP contribution in [0.2, 0.25) is 0 Å². The van der Waals surface area contributed by atoms with E-state index in [0.717, 1.165) is 13.0 Å². The number of ether oxygens (including phenoxy) is 4. The van der Waals surface area contributed by atoms with Gasteiger partial charge in [-0.05, 0) is 24.8 Å². The second-order valence-corrected chi connectivity index (χ2v) is 7.47. The van der Waals surface area contributed by atoms with Gasteiger partial charge in [0.2, 0.25) is 5.91 Å². The van der Waals surface area contributed by atoms with Gasteiger partial charge < -0.3 is 35.1 Å². The first kappa shape index (κ1) is 30.9. The van der Waals surface area contributed by atoms with Crippen molar-refractivity contribution in [3.8, 4) is 0 Å². The van der Waals surface area contributed by atoms with Crippen LogP contribution in [0.1, 0.15) is 53.4 Å². The molecule has 0 atom stereocenters. The first-order chi connectivity index (χ1) is 14.3. The fourth-order valence-electron chi connectivity index (χ4n) is 1.83. The minimum atomic E-state index is -0.887.